The van der Waals surface area contributed by atoms with Crippen molar-refractivity contribution in [2.24, 2.45) is 0 Å². The number of rotatable bonds is 15. The molecule has 0 aromatic carbocycles. The van der Waals surface area contributed by atoms with Gasteiger partial charge < -0.3 is 23.7 Å². The molecule has 0 aromatic rings. The highest BCUT2D eigenvalue weighted by Gasteiger charge is 1.95. The van der Waals surface area contributed by atoms with E-state index < -0.39 is 5.97 Å². The molecule has 0 bridgehead atoms. The van der Waals surface area contributed by atoms with Gasteiger partial charge in [0.2, 0.25) is 0 Å². The van der Waals surface area contributed by atoms with E-state index >= 15 is 0 Å². The van der Waals surface area contributed by atoms with Crippen LogP contribution in [0.1, 0.15) is 0 Å². The lowest BCUT2D eigenvalue weighted by atomic mass is 10.6. The molecule has 20 heavy (non-hydrogen) atoms. The molecule has 0 aliphatic heterocycles. The third kappa shape index (κ3) is 15.6. The summed E-state index contributed by atoms with van der Waals surface area (Å²) in [5.41, 5.74) is 0. The lowest BCUT2D eigenvalue weighted by Crippen LogP contribution is -2.14. The van der Waals surface area contributed by atoms with Gasteiger partial charge in [0, 0.05) is 11.4 Å². The minimum atomic E-state index is -0.442. The van der Waals surface area contributed by atoms with E-state index in [0.717, 1.165) is 11.4 Å². The van der Waals surface area contributed by atoms with Crippen molar-refractivity contribution in [3.63, 3.8) is 0 Å². The zero-order valence-corrected chi connectivity index (χ0v) is 13.3. The van der Waals surface area contributed by atoms with Crippen LogP contribution in [0.2, 0.25) is 0 Å². The molecule has 0 spiro atoms. The molecular formula is C13H23BrO6. The Morgan fingerprint density at radius 3 is 1.60 bits per heavy atom. The standard InChI is InChI=1S/C13H23BrO6/c1-2-13(15)20-12-11-19-10-9-18-8-7-17-6-5-16-4-3-14/h2H,1,3-12H2. The molecule has 0 saturated carbocycles. The Labute approximate surface area is 128 Å². The van der Waals surface area contributed by atoms with Crippen molar-refractivity contribution in [2.45, 2.75) is 0 Å². The van der Waals surface area contributed by atoms with Gasteiger partial charge in [0.05, 0.1) is 52.9 Å². The van der Waals surface area contributed by atoms with Gasteiger partial charge in [0.1, 0.15) is 6.61 Å². The number of ether oxygens (including phenoxy) is 5. The monoisotopic (exact) mass is 354 g/mol. The molecule has 0 rings (SSSR count). The third-order valence-corrected chi connectivity index (χ3v) is 2.30. The molecule has 0 aliphatic rings. The molecule has 0 radical (unpaired) electrons. The molecule has 6 nitrogen and oxygen atoms in total. The maximum absolute atomic E-state index is 10.7. The first-order valence-electron chi connectivity index (χ1n) is 6.47. The predicted molar refractivity (Wildman–Crippen MR) is 78.2 cm³/mol. The van der Waals surface area contributed by atoms with E-state index in [1.807, 2.05) is 0 Å². The molecular weight excluding hydrogens is 332 g/mol. The Balaban J connectivity index is 2.99. The van der Waals surface area contributed by atoms with Crippen LogP contribution in [0.25, 0.3) is 0 Å². The van der Waals surface area contributed by atoms with Crippen molar-refractivity contribution in [3.05, 3.63) is 12.7 Å². The van der Waals surface area contributed by atoms with E-state index in [0.29, 0.717) is 52.9 Å². The highest BCUT2D eigenvalue weighted by atomic mass is 79.9. The van der Waals surface area contributed by atoms with E-state index in [1.54, 1.807) is 0 Å². The molecule has 0 heterocycles. The predicted octanol–water partition coefficient (Wildman–Crippen LogP) is 1.18. The van der Waals surface area contributed by atoms with Crippen LogP contribution in [-0.2, 0) is 28.5 Å². The molecule has 0 saturated heterocycles. The molecule has 118 valence electrons. The molecule has 0 aromatic heterocycles. The van der Waals surface area contributed by atoms with E-state index in [-0.39, 0.29) is 6.61 Å². The summed E-state index contributed by atoms with van der Waals surface area (Å²) in [5, 5.41) is 0.836. The third-order valence-electron chi connectivity index (χ3n) is 1.98. The van der Waals surface area contributed by atoms with Crippen molar-refractivity contribution in [2.75, 3.05) is 64.8 Å². The minimum absolute atomic E-state index is 0.225. The average Bonchev–Trinajstić information content (AvgIpc) is 2.47. The Hall–Kier alpha value is -0.470. The van der Waals surface area contributed by atoms with Crippen LogP contribution in [-0.4, -0.2) is 70.8 Å². The van der Waals surface area contributed by atoms with Crippen molar-refractivity contribution >= 4 is 21.9 Å². The zero-order chi connectivity index (χ0) is 14.9. The molecule has 0 aliphatic carbocycles. The Bertz CT molecular complexity index is 237. The summed E-state index contributed by atoms with van der Waals surface area (Å²) in [6.07, 6.45) is 1.12. The number of hydrogen-bond donors (Lipinski definition) is 0. The van der Waals surface area contributed by atoms with E-state index in [1.165, 1.54) is 0 Å². The first-order chi connectivity index (χ1) is 9.81. The fourth-order valence-corrected chi connectivity index (χ4v) is 1.31. The Kier molecular flexibility index (Phi) is 16.2. The van der Waals surface area contributed by atoms with Crippen LogP contribution in [0.15, 0.2) is 12.7 Å². The fourth-order valence-electron chi connectivity index (χ4n) is 1.08. The van der Waals surface area contributed by atoms with Crippen LogP contribution < -0.4 is 0 Å². The molecule has 0 fully saturated rings. The maximum Gasteiger partial charge on any atom is 0.330 e. The smallest absolute Gasteiger partial charge is 0.330 e. The normalized spacial score (nSPS) is 10.4. The van der Waals surface area contributed by atoms with E-state index in [2.05, 4.69) is 22.5 Å². The summed E-state index contributed by atoms with van der Waals surface area (Å²) in [7, 11) is 0. The molecule has 0 amide bonds. The fraction of sp³-hybridized carbons (Fsp3) is 0.769. The van der Waals surface area contributed by atoms with Gasteiger partial charge >= 0.3 is 5.97 Å². The Morgan fingerprint density at radius 2 is 1.20 bits per heavy atom. The second-order valence-corrected chi connectivity index (χ2v) is 4.30. The van der Waals surface area contributed by atoms with Crippen LogP contribution in [0.5, 0.6) is 0 Å². The van der Waals surface area contributed by atoms with Gasteiger partial charge in [-0.05, 0) is 0 Å². The number of carbonyl (C=O) groups is 1. The Morgan fingerprint density at radius 1 is 0.800 bits per heavy atom. The maximum atomic E-state index is 10.7. The summed E-state index contributed by atoms with van der Waals surface area (Å²) < 4.78 is 25.7. The van der Waals surface area contributed by atoms with Gasteiger partial charge in [-0.2, -0.15) is 0 Å². The summed E-state index contributed by atoms with van der Waals surface area (Å²) in [6, 6.07) is 0. The van der Waals surface area contributed by atoms with Crippen molar-refractivity contribution in [3.8, 4) is 0 Å². The largest absolute Gasteiger partial charge is 0.460 e. The molecule has 7 heteroatoms. The van der Waals surface area contributed by atoms with Crippen LogP contribution in [0, 0.1) is 0 Å². The van der Waals surface area contributed by atoms with Gasteiger partial charge in [0.25, 0.3) is 0 Å². The van der Waals surface area contributed by atoms with E-state index in [4.69, 9.17) is 23.7 Å². The first kappa shape index (κ1) is 19.5. The second kappa shape index (κ2) is 16.6. The number of hydrogen-bond acceptors (Lipinski definition) is 6. The molecule has 0 atom stereocenters. The minimum Gasteiger partial charge on any atom is -0.460 e. The summed E-state index contributed by atoms with van der Waals surface area (Å²) >= 11 is 3.27. The second-order valence-electron chi connectivity index (χ2n) is 3.51. The first-order valence-corrected chi connectivity index (χ1v) is 7.59. The van der Waals surface area contributed by atoms with Crippen LogP contribution in [0.3, 0.4) is 0 Å². The number of carbonyl (C=O) groups excluding carboxylic acids is 1. The van der Waals surface area contributed by atoms with Gasteiger partial charge in [-0.1, -0.05) is 22.5 Å². The van der Waals surface area contributed by atoms with Gasteiger partial charge in [-0.15, -0.1) is 0 Å². The van der Waals surface area contributed by atoms with Crippen molar-refractivity contribution in [1.82, 2.24) is 0 Å². The number of esters is 1. The van der Waals surface area contributed by atoms with Crippen molar-refractivity contribution < 1.29 is 28.5 Å². The summed E-state index contributed by atoms with van der Waals surface area (Å²) in [5.74, 6) is -0.442. The van der Waals surface area contributed by atoms with Crippen molar-refractivity contribution in [1.29, 1.82) is 0 Å². The quantitative estimate of drug-likeness (QED) is 0.190. The molecule has 0 N–H and O–H groups in total. The van der Waals surface area contributed by atoms with Crippen LogP contribution >= 0.6 is 15.9 Å². The van der Waals surface area contributed by atoms with Gasteiger partial charge in [-0.3, -0.25) is 0 Å². The van der Waals surface area contributed by atoms with Crippen LogP contribution in [0.4, 0.5) is 0 Å². The zero-order valence-electron chi connectivity index (χ0n) is 11.7. The summed E-state index contributed by atoms with van der Waals surface area (Å²) in [4.78, 5) is 10.7. The highest BCUT2D eigenvalue weighted by Crippen LogP contribution is 1.85. The molecule has 0 unspecified atom stereocenters. The van der Waals surface area contributed by atoms with E-state index in [9.17, 15) is 4.79 Å². The topological polar surface area (TPSA) is 63.2 Å². The highest BCUT2D eigenvalue weighted by molar-refractivity contribution is 9.09. The number of alkyl halides is 1. The number of halogens is 1. The van der Waals surface area contributed by atoms with Gasteiger partial charge in [0.15, 0.2) is 0 Å². The average molecular weight is 355 g/mol. The SMILES string of the molecule is C=CC(=O)OCCOCCOCCOCCOCCBr. The lowest BCUT2D eigenvalue weighted by Gasteiger charge is -2.07. The summed E-state index contributed by atoms with van der Waals surface area (Å²) in [6.45, 7) is 7.72. The van der Waals surface area contributed by atoms with Gasteiger partial charge in [-0.25, -0.2) is 4.79 Å². The lowest BCUT2D eigenvalue weighted by molar-refractivity contribution is -0.139.